The number of rotatable bonds is 2. The topological polar surface area (TPSA) is 45.1 Å². The van der Waals surface area contributed by atoms with Crippen molar-refractivity contribution in [1.29, 1.82) is 0 Å². The van der Waals surface area contributed by atoms with Gasteiger partial charge in [0, 0.05) is 21.5 Å². The molecular formula is C26H17BrCl2N2O2. The summed E-state index contributed by atoms with van der Waals surface area (Å²) in [6.45, 7) is 0. The van der Waals surface area contributed by atoms with E-state index < -0.39 is 6.23 Å². The second-order valence-electron chi connectivity index (χ2n) is 8.19. The number of aromatic hydroxyl groups is 1. The predicted octanol–water partition coefficient (Wildman–Crippen LogP) is 7.86. The zero-order chi connectivity index (χ0) is 22.7. The highest BCUT2D eigenvalue weighted by atomic mass is 79.9. The molecule has 0 spiro atoms. The zero-order valence-corrected chi connectivity index (χ0v) is 20.3. The first kappa shape index (κ1) is 20.8. The molecular weight excluding hydrogens is 523 g/mol. The highest BCUT2D eigenvalue weighted by Crippen LogP contribution is 2.52. The Kier molecular flexibility index (Phi) is 5.02. The number of benzene rings is 4. The van der Waals surface area contributed by atoms with Crippen LogP contribution in [0, 0.1) is 0 Å². The van der Waals surface area contributed by atoms with Crippen LogP contribution in [0.3, 0.4) is 0 Å². The number of hydrazone groups is 1. The van der Waals surface area contributed by atoms with Crippen LogP contribution >= 0.6 is 39.1 Å². The molecule has 4 aromatic rings. The molecule has 2 aliphatic heterocycles. The molecule has 0 unspecified atom stereocenters. The van der Waals surface area contributed by atoms with Crippen LogP contribution in [0.2, 0.25) is 10.0 Å². The van der Waals surface area contributed by atoms with Crippen LogP contribution in [0.4, 0.5) is 0 Å². The van der Waals surface area contributed by atoms with Gasteiger partial charge in [0.05, 0.1) is 22.3 Å². The van der Waals surface area contributed by atoms with Crippen LogP contribution in [0.25, 0.3) is 10.8 Å². The van der Waals surface area contributed by atoms with E-state index in [-0.39, 0.29) is 11.8 Å². The van der Waals surface area contributed by atoms with E-state index in [4.69, 9.17) is 33.0 Å². The summed E-state index contributed by atoms with van der Waals surface area (Å²) in [7, 11) is 0. The van der Waals surface area contributed by atoms with Gasteiger partial charge >= 0.3 is 0 Å². The number of ether oxygens (including phenoxy) is 1. The van der Waals surface area contributed by atoms with Gasteiger partial charge in [-0.25, -0.2) is 5.01 Å². The minimum Gasteiger partial charge on any atom is -0.507 e. The van der Waals surface area contributed by atoms with E-state index >= 15 is 0 Å². The highest BCUT2D eigenvalue weighted by molar-refractivity contribution is 9.10. The molecule has 2 aliphatic rings. The van der Waals surface area contributed by atoms with E-state index in [1.54, 1.807) is 18.2 Å². The smallest absolute Gasteiger partial charge is 0.217 e. The molecule has 2 heterocycles. The van der Waals surface area contributed by atoms with Gasteiger partial charge in [-0.15, -0.1) is 0 Å². The molecule has 0 amide bonds. The van der Waals surface area contributed by atoms with Crippen molar-refractivity contribution in [2.45, 2.75) is 18.7 Å². The zero-order valence-electron chi connectivity index (χ0n) is 17.2. The Hall–Kier alpha value is -2.73. The summed E-state index contributed by atoms with van der Waals surface area (Å²) in [5.74, 6) is 0.700. The minimum absolute atomic E-state index is 0.129. The summed E-state index contributed by atoms with van der Waals surface area (Å²) in [6, 6.07) is 23.3. The van der Waals surface area contributed by atoms with E-state index in [0.717, 1.165) is 26.7 Å². The lowest BCUT2D eigenvalue weighted by atomic mass is 9.95. The van der Waals surface area contributed by atoms with Crippen molar-refractivity contribution in [2.75, 3.05) is 0 Å². The molecule has 4 aromatic carbocycles. The third-order valence-corrected chi connectivity index (χ3v) is 7.14. The van der Waals surface area contributed by atoms with E-state index in [2.05, 4.69) is 46.3 Å². The second kappa shape index (κ2) is 7.94. The van der Waals surface area contributed by atoms with Crippen molar-refractivity contribution >= 4 is 55.6 Å². The number of fused-ring (bicyclic) bond motifs is 4. The van der Waals surface area contributed by atoms with E-state index in [0.29, 0.717) is 27.8 Å². The quantitative estimate of drug-likeness (QED) is 0.282. The lowest BCUT2D eigenvalue weighted by molar-refractivity contribution is -0.0202. The number of nitrogens with zero attached hydrogens (tertiary/aromatic N) is 2. The van der Waals surface area contributed by atoms with Gasteiger partial charge in [-0.3, -0.25) is 0 Å². The summed E-state index contributed by atoms with van der Waals surface area (Å²) in [5.41, 5.74) is 3.49. The van der Waals surface area contributed by atoms with E-state index in [9.17, 15) is 5.11 Å². The molecule has 0 aromatic heterocycles. The molecule has 7 heteroatoms. The van der Waals surface area contributed by atoms with Crippen molar-refractivity contribution in [3.8, 4) is 11.5 Å². The van der Waals surface area contributed by atoms with Crippen molar-refractivity contribution in [3.63, 3.8) is 0 Å². The molecule has 0 saturated heterocycles. The normalized spacial score (nSPS) is 19.1. The van der Waals surface area contributed by atoms with Gasteiger partial charge in [0.15, 0.2) is 0 Å². The summed E-state index contributed by atoms with van der Waals surface area (Å²) < 4.78 is 7.19. The molecule has 0 fully saturated rings. The molecule has 0 saturated carbocycles. The van der Waals surface area contributed by atoms with Crippen LogP contribution in [0.15, 0.2) is 82.4 Å². The Labute approximate surface area is 209 Å². The summed E-state index contributed by atoms with van der Waals surface area (Å²) in [5, 5.41) is 20.9. The van der Waals surface area contributed by atoms with E-state index in [1.165, 1.54) is 5.39 Å². The average Bonchev–Trinajstić information content (AvgIpc) is 3.26. The first-order chi connectivity index (χ1) is 16.0. The van der Waals surface area contributed by atoms with Crippen molar-refractivity contribution < 1.29 is 9.84 Å². The maximum Gasteiger partial charge on any atom is 0.217 e. The van der Waals surface area contributed by atoms with Gasteiger partial charge in [-0.2, -0.15) is 5.10 Å². The van der Waals surface area contributed by atoms with E-state index in [1.807, 2.05) is 29.3 Å². The molecule has 164 valence electrons. The summed E-state index contributed by atoms with van der Waals surface area (Å²) in [4.78, 5) is 0. The molecule has 0 aliphatic carbocycles. The van der Waals surface area contributed by atoms with Crippen molar-refractivity contribution in [3.05, 3.63) is 104 Å². The molecule has 0 bridgehead atoms. The fourth-order valence-corrected chi connectivity index (χ4v) is 5.52. The molecule has 4 nitrogen and oxygen atoms in total. The van der Waals surface area contributed by atoms with Gasteiger partial charge in [0.1, 0.15) is 11.5 Å². The number of hydrogen-bond donors (Lipinski definition) is 1. The predicted molar refractivity (Wildman–Crippen MR) is 135 cm³/mol. The minimum atomic E-state index is -0.642. The summed E-state index contributed by atoms with van der Waals surface area (Å²) >= 11 is 16.4. The second-order valence-corrected chi connectivity index (χ2v) is 9.95. The summed E-state index contributed by atoms with van der Waals surface area (Å²) in [6.07, 6.45) is 0.0213. The maximum atomic E-state index is 10.6. The number of halogens is 3. The first-order valence-corrected chi connectivity index (χ1v) is 12.0. The average molecular weight is 540 g/mol. The highest BCUT2D eigenvalue weighted by Gasteiger charge is 2.43. The molecule has 2 atom stereocenters. The SMILES string of the molecule is Oc1ccc(Br)cc1[C@H]1Oc2c(Cl)cc(Cl)cc2[C@H]2CC(c3ccc4ccccc4c3)=NN21. The van der Waals surface area contributed by atoms with Crippen LogP contribution < -0.4 is 4.74 Å². The van der Waals surface area contributed by atoms with Gasteiger partial charge in [0.25, 0.3) is 0 Å². The Balaban J connectivity index is 1.50. The largest absolute Gasteiger partial charge is 0.507 e. The standard InChI is InChI=1S/C26H17BrCl2N2O2/c27-17-7-8-24(32)20(10-17)26-31-23(19-11-18(28)12-21(29)25(19)33-26)13-22(30-31)16-6-5-14-3-1-2-4-15(14)9-16/h1-12,23,26,32H,13H2/t23-,26-/m1/s1. The lowest BCUT2D eigenvalue weighted by Crippen LogP contribution is -2.34. The van der Waals surface area contributed by atoms with Crippen LogP contribution in [-0.2, 0) is 0 Å². The monoisotopic (exact) mass is 538 g/mol. The fraction of sp³-hybridized carbons (Fsp3) is 0.115. The van der Waals surface area contributed by atoms with Crippen molar-refractivity contribution in [2.24, 2.45) is 5.10 Å². The number of phenols is 1. The third kappa shape index (κ3) is 3.55. The third-order valence-electron chi connectivity index (χ3n) is 6.15. The lowest BCUT2D eigenvalue weighted by Gasteiger charge is -2.38. The molecule has 6 rings (SSSR count). The number of hydrogen-bond acceptors (Lipinski definition) is 4. The number of phenolic OH excluding ortho intramolecular Hbond substituents is 1. The Bertz CT molecular complexity index is 1460. The Morgan fingerprint density at radius 2 is 1.76 bits per heavy atom. The van der Waals surface area contributed by atoms with Gasteiger partial charge in [0.2, 0.25) is 6.23 Å². The van der Waals surface area contributed by atoms with Gasteiger partial charge in [-0.05, 0) is 52.7 Å². The Morgan fingerprint density at radius 3 is 2.61 bits per heavy atom. The molecule has 33 heavy (non-hydrogen) atoms. The fourth-order valence-electron chi connectivity index (χ4n) is 4.59. The first-order valence-electron chi connectivity index (χ1n) is 10.5. The van der Waals surface area contributed by atoms with Gasteiger partial charge in [-0.1, -0.05) is 75.5 Å². The van der Waals surface area contributed by atoms with Crippen LogP contribution in [-0.4, -0.2) is 15.8 Å². The molecule has 0 radical (unpaired) electrons. The Morgan fingerprint density at radius 1 is 0.939 bits per heavy atom. The molecule has 1 N–H and O–H groups in total. The van der Waals surface area contributed by atoms with Crippen LogP contribution in [0.5, 0.6) is 11.5 Å². The van der Waals surface area contributed by atoms with Crippen molar-refractivity contribution in [1.82, 2.24) is 5.01 Å². The van der Waals surface area contributed by atoms with Gasteiger partial charge < -0.3 is 9.84 Å². The van der Waals surface area contributed by atoms with Crippen LogP contribution in [0.1, 0.15) is 35.4 Å². The maximum absolute atomic E-state index is 10.6.